The number of benzene rings is 2. The van der Waals surface area contributed by atoms with Gasteiger partial charge in [-0.05, 0) is 29.8 Å². The fraction of sp³-hybridized carbons (Fsp3) is 0.0714. The summed E-state index contributed by atoms with van der Waals surface area (Å²) in [5.74, 6) is -0.699. The Morgan fingerprint density at radius 2 is 1.95 bits per heavy atom. The largest absolute Gasteiger partial charge is 0.294 e. The van der Waals surface area contributed by atoms with E-state index in [4.69, 9.17) is 23.2 Å². The van der Waals surface area contributed by atoms with Crippen LogP contribution in [0.2, 0.25) is 10.0 Å². The molecular weight excluding hydrogens is 354 g/mol. The molecule has 19 heavy (non-hydrogen) atoms. The number of ketones is 1. The van der Waals surface area contributed by atoms with Gasteiger partial charge in [0.15, 0.2) is 5.78 Å². The van der Waals surface area contributed by atoms with Crippen molar-refractivity contribution in [2.45, 2.75) is 6.42 Å². The highest BCUT2D eigenvalue weighted by Crippen LogP contribution is 2.27. The summed E-state index contributed by atoms with van der Waals surface area (Å²) in [7, 11) is 0. The first kappa shape index (κ1) is 14.5. The molecule has 2 rings (SSSR count). The van der Waals surface area contributed by atoms with E-state index in [1.165, 1.54) is 6.07 Å². The summed E-state index contributed by atoms with van der Waals surface area (Å²) in [5.41, 5.74) is 0.626. The molecule has 5 heteroatoms. The lowest BCUT2D eigenvalue weighted by molar-refractivity contribution is 0.0992. The van der Waals surface area contributed by atoms with E-state index in [0.717, 1.165) is 0 Å². The second-order valence-corrected chi connectivity index (χ2v) is 5.64. The first-order chi connectivity index (χ1) is 8.99. The normalized spacial score (nSPS) is 10.5. The quantitative estimate of drug-likeness (QED) is 0.676. The molecule has 2 aromatic carbocycles. The van der Waals surface area contributed by atoms with Crippen molar-refractivity contribution < 1.29 is 9.18 Å². The molecule has 1 nitrogen and oxygen atoms in total. The minimum atomic E-state index is -0.430. The van der Waals surface area contributed by atoms with Gasteiger partial charge in [0.1, 0.15) is 5.82 Å². The maximum Gasteiger partial charge on any atom is 0.168 e. The first-order valence-corrected chi connectivity index (χ1v) is 6.95. The Kier molecular flexibility index (Phi) is 4.61. The molecular formula is C14H8BrCl2FO. The van der Waals surface area contributed by atoms with E-state index < -0.39 is 5.82 Å². The molecule has 0 amide bonds. The van der Waals surface area contributed by atoms with Crippen LogP contribution in [0.1, 0.15) is 15.9 Å². The molecule has 0 saturated carbocycles. The number of hydrogen-bond donors (Lipinski definition) is 0. The lowest BCUT2D eigenvalue weighted by Gasteiger charge is -2.06. The van der Waals surface area contributed by atoms with E-state index in [0.29, 0.717) is 20.6 Å². The summed E-state index contributed by atoms with van der Waals surface area (Å²) in [6.45, 7) is 0. The number of rotatable bonds is 3. The number of Topliss-reactive ketones (excluding diaryl/α,β-unsaturated/α-hetero) is 1. The smallest absolute Gasteiger partial charge is 0.168 e. The van der Waals surface area contributed by atoms with Crippen LogP contribution in [-0.2, 0) is 6.42 Å². The Labute approximate surface area is 128 Å². The van der Waals surface area contributed by atoms with Gasteiger partial charge in [0.2, 0.25) is 0 Å². The molecule has 98 valence electrons. The number of halogens is 4. The summed E-state index contributed by atoms with van der Waals surface area (Å²) in [5, 5.41) is 0.510. The van der Waals surface area contributed by atoms with Crippen LogP contribution >= 0.6 is 39.1 Å². The highest BCUT2D eigenvalue weighted by Gasteiger charge is 2.15. The van der Waals surface area contributed by atoms with E-state index in [2.05, 4.69) is 15.9 Å². The zero-order chi connectivity index (χ0) is 14.0. The Balaban J connectivity index is 2.28. The van der Waals surface area contributed by atoms with Crippen LogP contribution in [0.15, 0.2) is 40.9 Å². The third-order valence-corrected chi connectivity index (χ3v) is 3.93. The Bertz CT molecular complexity index is 643. The number of hydrogen-bond acceptors (Lipinski definition) is 1. The summed E-state index contributed by atoms with van der Waals surface area (Å²) in [4.78, 5) is 12.1. The lowest BCUT2D eigenvalue weighted by Crippen LogP contribution is -2.06. The topological polar surface area (TPSA) is 17.1 Å². The van der Waals surface area contributed by atoms with Crippen molar-refractivity contribution in [3.63, 3.8) is 0 Å². The molecule has 0 aliphatic carbocycles. The molecule has 0 atom stereocenters. The van der Waals surface area contributed by atoms with Gasteiger partial charge in [-0.2, -0.15) is 0 Å². The summed E-state index contributed by atoms with van der Waals surface area (Å²) in [6.07, 6.45) is -0.0564. The zero-order valence-corrected chi connectivity index (χ0v) is 12.7. The molecule has 0 spiro atoms. The van der Waals surface area contributed by atoms with Crippen molar-refractivity contribution in [3.8, 4) is 0 Å². The van der Waals surface area contributed by atoms with Gasteiger partial charge < -0.3 is 0 Å². The van der Waals surface area contributed by atoms with Crippen molar-refractivity contribution in [1.29, 1.82) is 0 Å². The van der Waals surface area contributed by atoms with Crippen LogP contribution in [0.3, 0.4) is 0 Å². The summed E-state index contributed by atoms with van der Waals surface area (Å²) < 4.78 is 14.3. The van der Waals surface area contributed by atoms with Gasteiger partial charge in [-0.3, -0.25) is 4.79 Å². The van der Waals surface area contributed by atoms with Crippen molar-refractivity contribution in [3.05, 3.63) is 67.9 Å². The van der Waals surface area contributed by atoms with Gasteiger partial charge in [-0.25, -0.2) is 4.39 Å². The second-order valence-electron chi connectivity index (χ2n) is 3.94. The van der Waals surface area contributed by atoms with Crippen molar-refractivity contribution >= 4 is 44.9 Å². The number of carbonyl (C=O) groups excluding carboxylic acids is 1. The molecule has 0 aliphatic rings. The number of carbonyl (C=O) groups is 1. The zero-order valence-electron chi connectivity index (χ0n) is 9.59. The van der Waals surface area contributed by atoms with Gasteiger partial charge >= 0.3 is 0 Å². The molecule has 0 aromatic heterocycles. The van der Waals surface area contributed by atoms with Gasteiger partial charge in [-0.15, -0.1) is 0 Å². The average molecular weight is 362 g/mol. The third-order valence-electron chi connectivity index (χ3n) is 2.62. The molecule has 0 unspecified atom stereocenters. The van der Waals surface area contributed by atoms with Crippen molar-refractivity contribution in [2.24, 2.45) is 0 Å². The molecule has 0 aliphatic heterocycles. The van der Waals surface area contributed by atoms with Crippen LogP contribution in [0.25, 0.3) is 0 Å². The fourth-order valence-electron chi connectivity index (χ4n) is 1.65. The fourth-order valence-corrected chi connectivity index (χ4v) is 2.39. The molecule has 0 saturated heterocycles. The minimum Gasteiger partial charge on any atom is -0.294 e. The van der Waals surface area contributed by atoms with E-state index in [-0.39, 0.29) is 17.2 Å². The first-order valence-electron chi connectivity index (χ1n) is 5.40. The van der Waals surface area contributed by atoms with E-state index in [9.17, 15) is 9.18 Å². The van der Waals surface area contributed by atoms with E-state index in [1.807, 2.05) is 0 Å². The van der Waals surface area contributed by atoms with E-state index in [1.54, 1.807) is 30.3 Å². The Morgan fingerprint density at radius 3 is 2.63 bits per heavy atom. The van der Waals surface area contributed by atoms with Crippen LogP contribution in [0, 0.1) is 5.82 Å². The maximum atomic E-state index is 13.7. The highest BCUT2D eigenvalue weighted by molar-refractivity contribution is 9.10. The van der Waals surface area contributed by atoms with Crippen LogP contribution in [-0.4, -0.2) is 5.78 Å². The Hall–Kier alpha value is -0.900. The van der Waals surface area contributed by atoms with Gasteiger partial charge in [0, 0.05) is 16.5 Å². The van der Waals surface area contributed by atoms with E-state index >= 15 is 0 Å². The van der Waals surface area contributed by atoms with Crippen LogP contribution < -0.4 is 0 Å². The van der Waals surface area contributed by atoms with Crippen molar-refractivity contribution in [1.82, 2.24) is 0 Å². The maximum absolute atomic E-state index is 13.7. The predicted octanol–water partition coefficient (Wildman–Crippen LogP) is 5.32. The van der Waals surface area contributed by atoms with Crippen LogP contribution in [0.4, 0.5) is 4.39 Å². The standard InChI is InChI=1S/C14H8BrCl2FO/c15-9-5-4-8(12(18)7-9)6-13(19)10-2-1-3-11(16)14(10)17/h1-5,7H,6H2. The molecule has 0 N–H and O–H groups in total. The Morgan fingerprint density at radius 1 is 1.21 bits per heavy atom. The third kappa shape index (κ3) is 3.35. The SMILES string of the molecule is O=C(Cc1ccc(Br)cc1F)c1cccc(Cl)c1Cl. The second kappa shape index (κ2) is 6.04. The predicted molar refractivity (Wildman–Crippen MR) is 78.6 cm³/mol. The van der Waals surface area contributed by atoms with Gasteiger partial charge in [0.25, 0.3) is 0 Å². The lowest BCUT2D eigenvalue weighted by atomic mass is 10.0. The highest BCUT2D eigenvalue weighted by atomic mass is 79.9. The monoisotopic (exact) mass is 360 g/mol. The van der Waals surface area contributed by atoms with Crippen LogP contribution in [0.5, 0.6) is 0 Å². The minimum absolute atomic E-state index is 0.0564. The van der Waals surface area contributed by atoms with Crippen molar-refractivity contribution in [2.75, 3.05) is 0 Å². The molecule has 0 heterocycles. The van der Waals surface area contributed by atoms with Gasteiger partial charge in [-0.1, -0.05) is 51.3 Å². The average Bonchev–Trinajstić information content (AvgIpc) is 2.36. The van der Waals surface area contributed by atoms with Gasteiger partial charge in [0.05, 0.1) is 10.0 Å². The molecule has 0 bridgehead atoms. The summed E-state index contributed by atoms with van der Waals surface area (Å²) in [6, 6.07) is 9.39. The summed E-state index contributed by atoms with van der Waals surface area (Å²) >= 11 is 15.0. The molecule has 0 fully saturated rings. The molecule has 2 aromatic rings. The molecule has 0 radical (unpaired) electrons.